The highest BCUT2D eigenvalue weighted by molar-refractivity contribution is 5.80. The van der Waals surface area contributed by atoms with Gasteiger partial charge in [-0.15, -0.1) is 0 Å². The zero-order valence-corrected chi connectivity index (χ0v) is 17.0. The zero-order chi connectivity index (χ0) is 20.1. The molecule has 0 saturated carbocycles. The van der Waals surface area contributed by atoms with Gasteiger partial charge in [0, 0.05) is 32.0 Å². The molecule has 8 nitrogen and oxygen atoms in total. The molecule has 1 aromatic heterocycles. The van der Waals surface area contributed by atoms with E-state index in [-0.39, 0.29) is 24.0 Å². The van der Waals surface area contributed by atoms with Crippen LogP contribution in [-0.2, 0) is 9.53 Å². The van der Waals surface area contributed by atoms with Crippen LogP contribution in [0, 0.1) is 5.92 Å². The molecule has 0 spiro atoms. The number of carbonyl (C=O) groups excluding carboxylic acids is 2. The Balaban J connectivity index is 1.56. The largest absolute Gasteiger partial charge is 0.458 e. The van der Waals surface area contributed by atoms with Gasteiger partial charge < -0.3 is 19.3 Å². The fourth-order valence-electron chi connectivity index (χ4n) is 3.66. The summed E-state index contributed by atoms with van der Waals surface area (Å²) >= 11 is 0. The number of nitrogens with zero attached hydrogens (tertiary/aromatic N) is 4. The van der Waals surface area contributed by atoms with Gasteiger partial charge in [-0.1, -0.05) is 0 Å². The van der Waals surface area contributed by atoms with E-state index < -0.39 is 5.60 Å². The van der Waals surface area contributed by atoms with Crippen LogP contribution in [0.5, 0.6) is 6.01 Å². The monoisotopic (exact) mass is 390 g/mol. The van der Waals surface area contributed by atoms with Crippen LogP contribution in [0.25, 0.3) is 0 Å². The van der Waals surface area contributed by atoms with E-state index in [9.17, 15) is 9.59 Å². The van der Waals surface area contributed by atoms with Gasteiger partial charge in [0.2, 0.25) is 5.91 Å². The third-order valence-electron chi connectivity index (χ3n) is 4.93. The maximum atomic E-state index is 13.1. The molecule has 0 aromatic carbocycles. The van der Waals surface area contributed by atoms with Crippen molar-refractivity contribution in [2.24, 2.45) is 5.92 Å². The Bertz CT molecular complexity index is 677. The summed E-state index contributed by atoms with van der Waals surface area (Å²) in [5.74, 6) is -0.0940. The standard InChI is InChI=1S/C20H30N4O4/c1-20(2,3)28-19(26)24-12-4-7-15(13-24)17(25)23-11-5-8-16(14-23)27-18-21-9-6-10-22-18/h6,9-10,15-16H,4-5,7-8,11-14H2,1-3H3. The van der Waals surface area contributed by atoms with Crippen LogP contribution < -0.4 is 4.74 Å². The average Bonchev–Trinajstić information content (AvgIpc) is 2.67. The number of amides is 2. The summed E-state index contributed by atoms with van der Waals surface area (Å²) in [4.78, 5) is 37.1. The lowest BCUT2D eigenvalue weighted by Crippen LogP contribution is -2.51. The Labute approximate surface area is 166 Å². The van der Waals surface area contributed by atoms with Gasteiger partial charge in [0.15, 0.2) is 0 Å². The highest BCUT2D eigenvalue weighted by Crippen LogP contribution is 2.23. The van der Waals surface area contributed by atoms with E-state index in [2.05, 4.69) is 9.97 Å². The lowest BCUT2D eigenvalue weighted by molar-refractivity contribution is -0.139. The molecule has 0 N–H and O–H groups in total. The lowest BCUT2D eigenvalue weighted by Gasteiger charge is -2.38. The van der Waals surface area contributed by atoms with Crippen molar-refractivity contribution in [1.29, 1.82) is 0 Å². The van der Waals surface area contributed by atoms with Gasteiger partial charge >= 0.3 is 12.1 Å². The van der Waals surface area contributed by atoms with Crippen molar-refractivity contribution in [3.05, 3.63) is 18.5 Å². The van der Waals surface area contributed by atoms with Crippen LogP contribution in [0.1, 0.15) is 46.5 Å². The summed E-state index contributed by atoms with van der Waals surface area (Å²) in [5, 5.41) is 0. The normalized spacial score (nSPS) is 23.2. The molecule has 3 rings (SSSR count). The molecule has 3 heterocycles. The Morgan fingerprint density at radius 1 is 1.04 bits per heavy atom. The second-order valence-corrected chi connectivity index (χ2v) is 8.46. The molecule has 2 aliphatic heterocycles. The minimum absolute atomic E-state index is 0.0931. The summed E-state index contributed by atoms with van der Waals surface area (Å²) in [5.41, 5.74) is -0.537. The molecule has 2 amide bonds. The van der Waals surface area contributed by atoms with E-state index in [1.54, 1.807) is 23.4 Å². The Kier molecular flexibility index (Phi) is 6.36. The average molecular weight is 390 g/mol. The Morgan fingerprint density at radius 3 is 2.43 bits per heavy atom. The SMILES string of the molecule is CC(C)(C)OC(=O)N1CCCC(C(=O)N2CCCC(Oc3ncccn3)C2)C1. The molecule has 2 fully saturated rings. The fraction of sp³-hybridized carbons (Fsp3) is 0.700. The second-order valence-electron chi connectivity index (χ2n) is 8.46. The Hall–Kier alpha value is -2.38. The molecule has 0 aliphatic carbocycles. The third kappa shape index (κ3) is 5.56. The molecule has 8 heteroatoms. The minimum atomic E-state index is -0.537. The van der Waals surface area contributed by atoms with Crippen molar-refractivity contribution >= 4 is 12.0 Å². The van der Waals surface area contributed by atoms with Crippen molar-refractivity contribution < 1.29 is 19.1 Å². The van der Waals surface area contributed by atoms with Crippen LogP contribution in [0.15, 0.2) is 18.5 Å². The first-order chi connectivity index (χ1) is 13.3. The van der Waals surface area contributed by atoms with Gasteiger partial charge in [-0.3, -0.25) is 4.79 Å². The summed E-state index contributed by atoms with van der Waals surface area (Å²) in [7, 11) is 0. The molecule has 2 atom stereocenters. The van der Waals surface area contributed by atoms with Crippen LogP contribution in [0.4, 0.5) is 4.79 Å². The smallest absolute Gasteiger partial charge is 0.410 e. The van der Waals surface area contributed by atoms with Gasteiger partial charge in [-0.2, -0.15) is 0 Å². The molecule has 0 radical (unpaired) electrons. The first kappa shape index (κ1) is 20.4. The molecule has 1 aromatic rings. The predicted octanol–water partition coefficient (Wildman–Crippen LogP) is 2.49. The summed E-state index contributed by atoms with van der Waals surface area (Å²) in [6.07, 6.45) is 6.19. The first-order valence-electron chi connectivity index (χ1n) is 10.0. The van der Waals surface area contributed by atoms with Crippen molar-refractivity contribution in [3.8, 4) is 6.01 Å². The number of ether oxygens (including phenoxy) is 2. The molecular weight excluding hydrogens is 360 g/mol. The van der Waals surface area contributed by atoms with Gasteiger partial charge in [0.25, 0.3) is 0 Å². The number of piperidine rings is 2. The fourth-order valence-corrected chi connectivity index (χ4v) is 3.66. The van der Waals surface area contributed by atoms with Gasteiger partial charge in [0.05, 0.1) is 12.5 Å². The van der Waals surface area contributed by atoms with Crippen LogP contribution in [0.3, 0.4) is 0 Å². The van der Waals surface area contributed by atoms with Gasteiger partial charge in [0.1, 0.15) is 11.7 Å². The minimum Gasteiger partial charge on any atom is -0.458 e. The van der Waals surface area contributed by atoms with Crippen molar-refractivity contribution in [1.82, 2.24) is 19.8 Å². The van der Waals surface area contributed by atoms with E-state index >= 15 is 0 Å². The lowest BCUT2D eigenvalue weighted by atomic mass is 9.95. The summed E-state index contributed by atoms with van der Waals surface area (Å²) < 4.78 is 11.3. The highest BCUT2D eigenvalue weighted by Gasteiger charge is 2.35. The molecule has 2 unspecified atom stereocenters. The maximum Gasteiger partial charge on any atom is 0.410 e. The highest BCUT2D eigenvalue weighted by atomic mass is 16.6. The first-order valence-corrected chi connectivity index (χ1v) is 10.0. The van der Waals surface area contributed by atoms with Crippen LogP contribution in [0.2, 0.25) is 0 Å². The maximum absolute atomic E-state index is 13.1. The van der Waals surface area contributed by atoms with E-state index in [0.29, 0.717) is 25.6 Å². The van der Waals surface area contributed by atoms with E-state index in [0.717, 1.165) is 32.2 Å². The summed E-state index contributed by atoms with van der Waals surface area (Å²) in [6, 6.07) is 2.08. The molecule has 2 saturated heterocycles. The molecule has 154 valence electrons. The predicted molar refractivity (Wildman–Crippen MR) is 103 cm³/mol. The Morgan fingerprint density at radius 2 is 1.71 bits per heavy atom. The number of hydrogen-bond acceptors (Lipinski definition) is 6. The van der Waals surface area contributed by atoms with Gasteiger partial charge in [-0.25, -0.2) is 14.8 Å². The zero-order valence-electron chi connectivity index (χ0n) is 17.0. The summed E-state index contributed by atoms with van der Waals surface area (Å²) in [6.45, 7) is 7.84. The molecule has 0 bridgehead atoms. The van der Waals surface area contributed by atoms with Gasteiger partial charge in [-0.05, 0) is 52.5 Å². The topological polar surface area (TPSA) is 84.9 Å². The van der Waals surface area contributed by atoms with Crippen molar-refractivity contribution in [3.63, 3.8) is 0 Å². The number of rotatable bonds is 3. The second kappa shape index (κ2) is 8.75. The van der Waals surface area contributed by atoms with E-state index in [1.807, 2.05) is 25.7 Å². The number of aromatic nitrogens is 2. The van der Waals surface area contributed by atoms with E-state index in [1.165, 1.54) is 0 Å². The van der Waals surface area contributed by atoms with Crippen molar-refractivity contribution in [2.45, 2.75) is 58.2 Å². The number of hydrogen-bond donors (Lipinski definition) is 0. The van der Waals surface area contributed by atoms with Crippen LogP contribution in [-0.4, -0.2) is 69.7 Å². The van der Waals surface area contributed by atoms with Crippen molar-refractivity contribution in [2.75, 3.05) is 26.2 Å². The number of likely N-dealkylation sites (tertiary alicyclic amines) is 2. The molecular formula is C20H30N4O4. The van der Waals surface area contributed by atoms with E-state index in [4.69, 9.17) is 9.47 Å². The van der Waals surface area contributed by atoms with Crippen LogP contribution >= 0.6 is 0 Å². The molecule has 28 heavy (non-hydrogen) atoms. The quantitative estimate of drug-likeness (QED) is 0.788. The third-order valence-corrected chi connectivity index (χ3v) is 4.93. The molecule has 2 aliphatic rings. The number of carbonyl (C=O) groups is 2.